The number of aliphatic hydroxyl groups is 2. The van der Waals surface area contributed by atoms with Crippen LogP contribution in [0.3, 0.4) is 0 Å². The van der Waals surface area contributed by atoms with Gasteiger partial charge in [0.2, 0.25) is 0 Å². The van der Waals surface area contributed by atoms with E-state index >= 15 is 0 Å². The molecule has 0 atom stereocenters. The molecule has 2 heterocycles. The van der Waals surface area contributed by atoms with Crippen LogP contribution in [0.1, 0.15) is 40.7 Å². The van der Waals surface area contributed by atoms with Gasteiger partial charge in [0.05, 0.1) is 25.9 Å². The highest BCUT2D eigenvalue weighted by Gasteiger charge is 2.27. The molecular formula is C26H29FN2O5. The fourth-order valence-electron chi connectivity index (χ4n) is 4.27. The van der Waals surface area contributed by atoms with Crippen LogP contribution in [-0.2, 0) is 11.3 Å². The normalized spacial score (nSPS) is 16.8. The molecule has 1 saturated heterocycles. The van der Waals surface area contributed by atoms with Crippen molar-refractivity contribution in [3.05, 3.63) is 71.0 Å². The molecule has 34 heavy (non-hydrogen) atoms. The molecule has 0 aromatic heterocycles. The Morgan fingerprint density at radius 3 is 2.62 bits per heavy atom. The van der Waals surface area contributed by atoms with E-state index in [1.807, 2.05) is 30.3 Å². The molecule has 4 rings (SSSR count). The first-order valence-corrected chi connectivity index (χ1v) is 11.5. The molecule has 0 saturated carbocycles. The van der Waals surface area contributed by atoms with Crippen LogP contribution in [0.25, 0.3) is 5.57 Å². The van der Waals surface area contributed by atoms with Crippen molar-refractivity contribution >= 4 is 23.1 Å². The topological polar surface area (TPSA) is 90.3 Å². The van der Waals surface area contributed by atoms with Crippen LogP contribution in [0.4, 0.5) is 14.9 Å². The van der Waals surface area contributed by atoms with Crippen molar-refractivity contribution in [3.8, 4) is 0 Å². The number of ketones is 1. The second kappa shape index (κ2) is 10.9. The number of likely N-dealkylation sites (tertiary alicyclic amines) is 1. The summed E-state index contributed by atoms with van der Waals surface area (Å²) in [5, 5.41) is 18.9. The molecule has 2 amide bonds. The number of amides is 2. The van der Waals surface area contributed by atoms with Crippen molar-refractivity contribution in [2.45, 2.75) is 31.9 Å². The number of piperidine rings is 1. The third kappa shape index (κ3) is 5.52. The Balaban J connectivity index is 1.66. The predicted octanol–water partition coefficient (Wildman–Crippen LogP) is 3.39. The third-order valence-corrected chi connectivity index (χ3v) is 6.30. The van der Waals surface area contributed by atoms with E-state index in [4.69, 9.17) is 9.84 Å². The zero-order valence-electron chi connectivity index (χ0n) is 19.0. The van der Waals surface area contributed by atoms with Crippen LogP contribution in [0, 0.1) is 5.82 Å². The largest absolute Gasteiger partial charge is 0.393 e. The van der Waals surface area contributed by atoms with E-state index in [1.165, 1.54) is 17.0 Å². The summed E-state index contributed by atoms with van der Waals surface area (Å²) in [6.07, 6.45) is 3.38. The highest BCUT2D eigenvalue weighted by molar-refractivity contribution is 5.97. The molecule has 0 aliphatic carbocycles. The molecular weight excluding hydrogens is 439 g/mol. The first kappa shape index (κ1) is 24.1. The van der Waals surface area contributed by atoms with Gasteiger partial charge >= 0.3 is 6.03 Å². The van der Waals surface area contributed by atoms with Crippen LogP contribution >= 0.6 is 0 Å². The van der Waals surface area contributed by atoms with Gasteiger partial charge in [-0.15, -0.1) is 0 Å². The van der Waals surface area contributed by atoms with Gasteiger partial charge < -0.3 is 19.8 Å². The Morgan fingerprint density at radius 2 is 1.94 bits per heavy atom. The summed E-state index contributed by atoms with van der Waals surface area (Å²) in [4.78, 5) is 28.5. The molecule has 2 N–H and O–H groups in total. The number of Topliss-reactive ketones (excluding diaryl/α,β-unsaturated/α-hetero) is 1. The number of carbonyl (C=O) groups is 2. The molecule has 1 fully saturated rings. The summed E-state index contributed by atoms with van der Waals surface area (Å²) < 4.78 is 20.3. The Bertz CT molecular complexity index is 1080. The van der Waals surface area contributed by atoms with Gasteiger partial charge in [-0.25, -0.2) is 9.18 Å². The number of carbonyl (C=O) groups excluding carboxylic acids is 2. The molecule has 2 aromatic carbocycles. The van der Waals surface area contributed by atoms with Crippen LogP contribution in [0.2, 0.25) is 0 Å². The van der Waals surface area contributed by atoms with E-state index in [2.05, 4.69) is 0 Å². The fraction of sp³-hybridized carbons (Fsp3) is 0.385. The molecule has 8 heteroatoms. The van der Waals surface area contributed by atoms with Crippen LogP contribution in [0.15, 0.2) is 48.5 Å². The summed E-state index contributed by atoms with van der Waals surface area (Å²) in [6, 6.07) is 11.4. The van der Waals surface area contributed by atoms with Gasteiger partial charge in [-0.05, 0) is 48.6 Å². The van der Waals surface area contributed by atoms with E-state index in [0.717, 1.165) is 23.6 Å². The van der Waals surface area contributed by atoms with Gasteiger partial charge in [0.25, 0.3) is 0 Å². The third-order valence-electron chi connectivity index (χ3n) is 6.30. The van der Waals surface area contributed by atoms with Crippen LogP contribution in [-0.4, -0.2) is 65.9 Å². The summed E-state index contributed by atoms with van der Waals surface area (Å²) in [7, 11) is 0. The van der Waals surface area contributed by atoms with Crippen molar-refractivity contribution in [2.75, 3.05) is 37.8 Å². The Labute approximate surface area is 198 Å². The van der Waals surface area contributed by atoms with Gasteiger partial charge in [-0.1, -0.05) is 30.3 Å². The fourth-order valence-corrected chi connectivity index (χ4v) is 4.27. The maximum atomic E-state index is 14.9. The Kier molecular flexibility index (Phi) is 7.72. The quantitative estimate of drug-likeness (QED) is 0.635. The van der Waals surface area contributed by atoms with Crippen molar-refractivity contribution in [2.24, 2.45) is 0 Å². The van der Waals surface area contributed by atoms with E-state index in [-0.39, 0.29) is 23.7 Å². The molecule has 0 spiro atoms. The zero-order chi connectivity index (χ0) is 24.1. The SMILES string of the molecule is O=C(CO)c1ccc(CN(C(=O)N2CCC(O)CC2)c2cccc(C3=CCOCC3)c2)c(F)c1. The van der Waals surface area contributed by atoms with E-state index in [0.29, 0.717) is 44.8 Å². The number of rotatable bonds is 6. The average Bonchev–Trinajstić information content (AvgIpc) is 2.88. The van der Waals surface area contributed by atoms with Crippen molar-refractivity contribution in [1.29, 1.82) is 0 Å². The van der Waals surface area contributed by atoms with Crippen molar-refractivity contribution < 1.29 is 28.9 Å². The van der Waals surface area contributed by atoms with Crippen LogP contribution in [0.5, 0.6) is 0 Å². The van der Waals surface area contributed by atoms with E-state index in [9.17, 15) is 19.1 Å². The van der Waals surface area contributed by atoms with Gasteiger partial charge in [-0.3, -0.25) is 9.69 Å². The maximum Gasteiger partial charge on any atom is 0.324 e. The number of halogens is 1. The molecule has 0 unspecified atom stereocenters. The summed E-state index contributed by atoms with van der Waals surface area (Å²) in [6.45, 7) is 1.30. The lowest BCUT2D eigenvalue weighted by Gasteiger charge is -2.35. The first-order valence-electron chi connectivity index (χ1n) is 11.5. The highest BCUT2D eigenvalue weighted by atomic mass is 19.1. The minimum absolute atomic E-state index is 0.0249. The lowest BCUT2D eigenvalue weighted by Crippen LogP contribution is -2.47. The number of nitrogens with zero attached hydrogens (tertiary/aromatic N) is 2. The van der Waals surface area contributed by atoms with Gasteiger partial charge in [-0.2, -0.15) is 0 Å². The molecule has 0 bridgehead atoms. The number of hydrogen-bond donors (Lipinski definition) is 2. The van der Waals surface area contributed by atoms with Gasteiger partial charge in [0.15, 0.2) is 5.78 Å². The Morgan fingerprint density at radius 1 is 1.15 bits per heavy atom. The lowest BCUT2D eigenvalue weighted by molar-refractivity contribution is 0.0902. The number of urea groups is 1. The number of aliphatic hydroxyl groups excluding tert-OH is 2. The maximum absolute atomic E-state index is 14.9. The number of anilines is 1. The van der Waals surface area contributed by atoms with Crippen molar-refractivity contribution in [1.82, 2.24) is 4.90 Å². The number of hydrogen-bond acceptors (Lipinski definition) is 5. The smallest absolute Gasteiger partial charge is 0.324 e. The molecule has 2 aromatic rings. The monoisotopic (exact) mass is 468 g/mol. The molecule has 2 aliphatic rings. The molecule has 0 radical (unpaired) electrons. The molecule has 7 nitrogen and oxygen atoms in total. The number of benzene rings is 2. The summed E-state index contributed by atoms with van der Waals surface area (Å²) in [5.41, 5.74) is 3.10. The van der Waals surface area contributed by atoms with Crippen molar-refractivity contribution in [3.63, 3.8) is 0 Å². The predicted molar refractivity (Wildman–Crippen MR) is 126 cm³/mol. The minimum Gasteiger partial charge on any atom is -0.393 e. The second-order valence-corrected chi connectivity index (χ2v) is 8.58. The second-order valence-electron chi connectivity index (χ2n) is 8.58. The molecule has 180 valence electrons. The molecule has 2 aliphatic heterocycles. The summed E-state index contributed by atoms with van der Waals surface area (Å²) in [5.74, 6) is -1.18. The average molecular weight is 469 g/mol. The zero-order valence-corrected chi connectivity index (χ0v) is 19.0. The van der Waals surface area contributed by atoms with Crippen LogP contribution < -0.4 is 4.90 Å². The lowest BCUT2D eigenvalue weighted by atomic mass is 10.0. The standard InChI is InChI=1S/C26H29FN2O5/c27-24-15-20(25(32)17-30)4-5-21(24)16-29(26(33)28-10-6-23(31)7-11-28)22-3-1-2-19(14-22)18-8-12-34-13-9-18/h1-5,8,14-15,23,30-31H,6-7,9-13,16-17H2. The highest BCUT2D eigenvalue weighted by Crippen LogP contribution is 2.28. The minimum atomic E-state index is -0.697. The number of ether oxygens (including phenoxy) is 1. The first-order chi connectivity index (χ1) is 16.5. The summed E-state index contributed by atoms with van der Waals surface area (Å²) >= 11 is 0. The van der Waals surface area contributed by atoms with Gasteiger partial charge in [0.1, 0.15) is 12.4 Å². The van der Waals surface area contributed by atoms with E-state index < -0.39 is 24.3 Å². The van der Waals surface area contributed by atoms with Gasteiger partial charge in [0, 0.05) is 29.9 Å². The van der Waals surface area contributed by atoms with E-state index in [1.54, 1.807) is 4.90 Å². The Hall–Kier alpha value is -3.07.